The molecule has 0 spiro atoms. The van der Waals surface area contributed by atoms with Crippen molar-refractivity contribution in [3.8, 4) is 0 Å². The zero-order valence-corrected chi connectivity index (χ0v) is 14.9. The summed E-state index contributed by atoms with van der Waals surface area (Å²) in [5, 5.41) is 13.8. The largest absolute Gasteiger partial charge is 0.450 e. The number of rotatable bonds is 5. The lowest BCUT2D eigenvalue weighted by Gasteiger charge is -2.08. The highest BCUT2D eigenvalue weighted by atomic mass is 19.1. The van der Waals surface area contributed by atoms with Crippen LogP contribution >= 0.6 is 0 Å². The maximum Gasteiger partial charge on any atom is 0.375 e. The van der Waals surface area contributed by atoms with Crippen LogP contribution in [0.3, 0.4) is 0 Å². The van der Waals surface area contributed by atoms with Gasteiger partial charge in [-0.25, -0.2) is 9.18 Å². The number of nitrogens with one attached hydrogen (secondary N) is 1. The molecule has 8 nitrogen and oxygen atoms in total. The van der Waals surface area contributed by atoms with Gasteiger partial charge in [0.1, 0.15) is 11.4 Å². The first-order valence-corrected chi connectivity index (χ1v) is 8.17. The third kappa shape index (κ3) is 3.68. The summed E-state index contributed by atoms with van der Waals surface area (Å²) in [7, 11) is 0. The van der Waals surface area contributed by atoms with Crippen molar-refractivity contribution in [3.63, 3.8) is 0 Å². The van der Waals surface area contributed by atoms with Gasteiger partial charge in [0.2, 0.25) is 5.76 Å². The number of benzene rings is 2. The highest BCUT2D eigenvalue weighted by Gasteiger charge is 2.21. The molecule has 0 unspecified atom stereocenters. The fourth-order valence-electron chi connectivity index (χ4n) is 2.73. The molecule has 1 amide bonds. The summed E-state index contributed by atoms with van der Waals surface area (Å²) in [6.07, 6.45) is 0. The molecule has 0 bridgehead atoms. The van der Waals surface area contributed by atoms with E-state index in [0.29, 0.717) is 16.5 Å². The van der Waals surface area contributed by atoms with Gasteiger partial charge in [0.25, 0.3) is 11.6 Å². The van der Waals surface area contributed by atoms with Crippen molar-refractivity contribution in [3.05, 3.63) is 69.2 Å². The number of esters is 1. The fraction of sp³-hybridized carbons (Fsp3) is 0.158. The van der Waals surface area contributed by atoms with E-state index >= 15 is 0 Å². The second-order valence-corrected chi connectivity index (χ2v) is 6.03. The van der Waals surface area contributed by atoms with Gasteiger partial charge in [0.15, 0.2) is 6.61 Å². The number of hydrogen-bond donors (Lipinski definition) is 1. The van der Waals surface area contributed by atoms with Gasteiger partial charge in [-0.15, -0.1) is 0 Å². The third-order valence-corrected chi connectivity index (χ3v) is 4.19. The summed E-state index contributed by atoms with van der Waals surface area (Å²) < 4.78 is 23.7. The Labute approximate surface area is 158 Å². The summed E-state index contributed by atoms with van der Waals surface area (Å²) in [6, 6.07) is 8.09. The maximum atomic E-state index is 13.3. The topological polar surface area (TPSA) is 112 Å². The van der Waals surface area contributed by atoms with E-state index in [4.69, 9.17) is 9.15 Å². The SMILES string of the molecule is Cc1c(NC(=O)COC(=O)c2oc3ccc(F)cc3c2C)cccc1[N+](=O)[O-]. The third-order valence-electron chi connectivity index (χ3n) is 4.19. The van der Waals surface area contributed by atoms with Crippen molar-refractivity contribution in [1.29, 1.82) is 0 Å². The molecule has 0 aliphatic carbocycles. The van der Waals surface area contributed by atoms with Gasteiger partial charge in [-0.1, -0.05) is 6.07 Å². The van der Waals surface area contributed by atoms with Crippen LogP contribution < -0.4 is 5.32 Å². The number of fused-ring (bicyclic) bond motifs is 1. The number of furan rings is 1. The fourth-order valence-corrected chi connectivity index (χ4v) is 2.73. The Kier molecular flexibility index (Phi) is 5.08. The Balaban J connectivity index is 1.68. The lowest BCUT2D eigenvalue weighted by Crippen LogP contribution is -2.21. The number of anilines is 1. The normalized spacial score (nSPS) is 10.7. The molecule has 0 saturated heterocycles. The number of ether oxygens (including phenoxy) is 1. The molecule has 0 fully saturated rings. The van der Waals surface area contributed by atoms with E-state index in [1.165, 1.54) is 43.3 Å². The predicted octanol–water partition coefficient (Wildman–Crippen LogP) is 3.89. The van der Waals surface area contributed by atoms with Crippen molar-refractivity contribution in [1.82, 2.24) is 0 Å². The van der Waals surface area contributed by atoms with Crippen molar-refractivity contribution in [2.45, 2.75) is 13.8 Å². The van der Waals surface area contributed by atoms with Crippen LogP contribution in [0, 0.1) is 29.8 Å². The van der Waals surface area contributed by atoms with Crippen LogP contribution in [0.5, 0.6) is 0 Å². The summed E-state index contributed by atoms with van der Waals surface area (Å²) in [5.74, 6) is -2.14. The molecular formula is C19H15FN2O6. The molecule has 1 aromatic heterocycles. The lowest BCUT2D eigenvalue weighted by molar-refractivity contribution is -0.385. The minimum atomic E-state index is -0.875. The average Bonchev–Trinajstić information content (AvgIpc) is 2.97. The van der Waals surface area contributed by atoms with Crippen LogP contribution in [0.15, 0.2) is 40.8 Å². The van der Waals surface area contributed by atoms with Crippen molar-refractivity contribution in [2.75, 3.05) is 11.9 Å². The second kappa shape index (κ2) is 7.47. The Morgan fingerprint density at radius 2 is 1.96 bits per heavy atom. The number of amides is 1. The van der Waals surface area contributed by atoms with Crippen LogP contribution in [0.4, 0.5) is 15.8 Å². The summed E-state index contributed by atoms with van der Waals surface area (Å²) >= 11 is 0. The molecule has 9 heteroatoms. The zero-order chi connectivity index (χ0) is 20.4. The van der Waals surface area contributed by atoms with E-state index in [9.17, 15) is 24.1 Å². The summed E-state index contributed by atoms with van der Waals surface area (Å²) in [6.45, 7) is 2.46. The number of hydrogen-bond acceptors (Lipinski definition) is 6. The molecule has 1 N–H and O–H groups in total. The molecule has 28 heavy (non-hydrogen) atoms. The van der Waals surface area contributed by atoms with Crippen molar-refractivity contribution < 1.29 is 28.1 Å². The number of nitrogens with zero attached hydrogens (tertiary/aromatic N) is 1. The van der Waals surface area contributed by atoms with Gasteiger partial charge in [0, 0.05) is 17.0 Å². The number of aryl methyl sites for hydroxylation is 1. The minimum absolute atomic E-state index is 0.125. The Morgan fingerprint density at radius 1 is 1.21 bits per heavy atom. The Hall–Kier alpha value is -3.75. The number of nitro benzene ring substituents is 1. The highest BCUT2D eigenvalue weighted by molar-refractivity contribution is 5.98. The van der Waals surface area contributed by atoms with E-state index < -0.39 is 29.2 Å². The molecule has 3 aromatic rings. The molecule has 1 heterocycles. The first-order valence-electron chi connectivity index (χ1n) is 8.17. The van der Waals surface area contributed by atoms with E-state index in [2.05, 4.69) is 5.32 Å². The molecule has 0 aliphatic rings. The molecule has 2 aromatic carbocycles. The highest BCUT2D eigenvalue weighted by Crippen LogP contribution is 2.27. The van der Waals surface area contributed by atoms with Crippen molar-refractivity contribution >= 4 is 34.2 Å². The Bertz CT molecular complexity index is 1110. The van der Waals surface area contributed by atoms with Gasteiger partial charge in [-0.3, -0.25) is 14.9 Å². The van der Waals surface area contributed by atoms with E-state index in [-0.39, 0.29) is 22.7 Å². The predicted molar refractivity (Wildman–Crippen MR) is 97.7 cm³/mol. The molecule has 0 radical (unpaired) electrons. The monoisotopic (exact) mass is 386 g/mol. The number of nitro groups is 1. The van der Waals surface area contributed by atoms with E-state index in [0.717, 1.165) is 0 Å². The minimum Gasteiger partial charge on any atom is -0.450 e. The first-order chi connectivity index (χ1) is 13.3. The molecule has 0 aliphatic heterocycles. The van der Waals surface area contributed by atoms with Gasteiger partial charge in [-0.05, 0) is 38.1 Å². The van der Waals surface area contributed by atoms with Gasteiger partial charge >= 0.3 is 5.97 Å². The number of carbonyl (C=O) groups excluding carboxylic acids is 2. The van der Waals surface area contributed by atoms with Gasteiger partial charge < -0.3 is 14.5 Å². The maximum absolute atomic E-state index is 13.3. The number of halogens is 1. The van der Waals surface area contributed by atoms with Crippen LogP contribution in [0.2, 0.25) is 0 Å². The molecule has 0 atom stereocenters. The van der Waals surface area contributed by atoms with E-state index in [1.54, 1.807) is 6.92 Å². The van der Waals surface area contributed by atoms with Crippen LogP contribution in [-0.2, 0) is 9.53 Å². The van der Waals surface area contributed by atoms with Gasteiger partial charge in [0.05, 0.1) is 16.2 Å². The quantitative estimate of drug-likeness (QED) is 0.404. The molecule has 3 rings (SSSR count). The van der Waals surface area contributed by atoms with Crippen LogP contribution in [0.1, 0.15) is 21.7 Å². The first kappa shape index (κ1) is 19.0. The standard InChI is InChI=1S/C19H15FN2O6/c1-10-13-8-12(20)6-7-16(13)28-18(10)19(24)27-9-17(23)21-14-4-3-5-15(11(14)2)22(25)26/h3-8H,9H2,1-2H3,(H,21,23). The van der Waals surface area contributed by atoms with Gasteiger partial charge in [-0.2, -0.15) is 0 Å². The van der Waals surface area contributed by atoms with Crippen LogP contribution in [-0.4, -0.2) is 23.4 Å². The second-order valence-electron chi connectivity index (χ2n) is 6.03. The molecule has 144 valence electrons. The number of carbonyl (C=O) groups is 2. The lowest BCUT2D eigenvalue weighted by atomic mass is 10.1. The van der Waals surface area contributed by atoms with E-state index in [1.807, 2.05) is 0 Å². The van der Waals surface area contributed by atoms with Crippen LogP contribution in [0.25, 0.3) is 11.0 Å². The summed E-state index contributed by atoms with van der Waals surface area (Å²) in [4.78, 5) is 34.6. The Morgan fingerprint density at radius 3 is 2.68 bits per heavy atom. The summed E-state index contributed by atoms with van der Waals surface area (Å²) in [5.41, 5.74) is 1.10. The molecular weight excluding hydrogens is 371 g/mol. The zero-order valence-electron chi connectivity index (χ0n) is 14.9. The molecule has 0 saturated carbocycles. The van der Waals surface area contributed by atoms with Crippen molar-refractivity contribution in [2.24, 2.45) is 0 Å². The smallest absolute Gasteiger partial charge is 0.375 e. The average molecular weight is 386 g/mol.